The van der Waals surface area contributed by atoms with Crippen molar-refractivity contribution in [2.45, 2.75) is 30.8 Å². The van der Waals surface area contributed by atoms with Crippen molar-refractivity contribution in [1.29, 1.82) is 0 Å². The fraction of sp³-hybridized carbons (Fsp3) is 0.857. The second kappa shape index (κ2) is 2.71. The number of aliphatic hydroxyl groups excluding tert-OH is 3. The van der Waals surface area contributed by atoms with E-state index in [2.05, 4.69) is 0 Å². The van der Waals surface area contributed by atoms with Crippen LogP contribution in [0, 0.1) is 6.92 Å². The van der Waals surface area contributed by atoms with Crippen LogP contribution in [0.1, 0.15) is 6.92 Å². The van der Waals surface area contributed by atoms with Crippen molar-refractivity contribution >= 4 is 0 Å². The van der Waals surface area contributed by atoms with E-state index in [1.165, 1.54) is 6.92 Å². The summed E-state index contributed by atoms with van der Waals surface area (Å²) < 4.78 is 4.95. The summed E-state index contributed by atoms with van der Waals surface area (Å²) in [7, 11) is 0. The van der Waals surface area contributed by atoms with Crippen molar-refractivity contribution in [3.8, 4) is 0 Å². The largest absolute Gasteiger partial charge is 0.393 e. The van der Waals surface area contributed by atoms with Gasteiger partial charge in [0.2, 0.25) is 0 Å². The molecule has 0 saturated carbocycles. The molecule has 0 aromatic rings. The second-order valence-corrected chi connectivity index (χ2v) is 2.99. The van der Waals surface area contributed by atoms with E-state index in [0.29, 0.717) is 0 Å². The second-order valence-electron chi connectivity index (χ2n) is 2.99. The van der Waals surface area contributed by atoms with Crippen LogP contribution in [0.15, 0.2) is 0 Å². The molecular weight excluding hydrogens is 148 g/mol. The Kier molecular flexibility index (Phi) is 2.20. The van der Waals surface area contributed by atoms with Gasteiger partial charge in [0.25, 0.3) is 0 Å². The number of hydrogen-bond acceptors (Lipinski definition) is 4. The van der Waals surface area contributed by atoms with Crippen molar-refractivity contribution < 1.29 is 20.1 Å². The summed E-state index contributed by atoms with van der Waals surface area (Å²) in [5, 5.41) is 27.2. The molecule has 1 unspecified atom stereocenters. The third kappa shape index (κ3) is 1.27. The van der Waals surface area contributed by atoms with Crippen LogP contribution >= 0.6 is 0 Å². The molecule has 1 aliphatic rings. The van der Waals surface area contributed by atoms with Gasteiger partial charge in [-0.2, -0.15) is 0 Å². The Labute approximate surface area is 65.4 Å². The Morgan fingerprint density at radius 2 is 2.09 bits per heavy atom. The molecule has 3 N–H and O–H groups in total. The number of ether oxygens (including phenoxy) is 1. The van der Waals surface area contributed by atoms with Crippen LogP contribution in [0.3, 0.4) is 0 Å². The highest BCUT2D eigenvalue weighted by molar-refractivity contribution is 4.99. The molecule has 1 aliphatic heterocycles. The van der Waals surface area contributed by atoms with Crippen LogP contribution < -0.4 is 0 Å². The molecule has 64 valence electrons. The number of rotatable bonds is 1. The van der Waals surface area contributed by atoms with E-state index in [0.717, 1.165) is 0 Å². The van der Waals surface area contributed by atoms with Gasteiger partial charge in [-0.1, -0.05) is 0 Å². The Morgan fingerprint density at radius 1 is 1.55 bits per heavy atom. The van der Waals surface area contributed by atoms with Gasteiger partial charge in [-0.05, 0) is 13.8 Å². The molecule has 0 bridgehead atoms. The van der Waals surface area contributed by atoms with E-state index >= 15 is 0 Å². The maximum Gasteiger partial charge on any atom is 0.117 e. The van der Waals surface area contributed by atoms with Crippen molar-refractivity contribution in [3.05, 3.63) is 6.92 Å². The average Bonchev–Trinajstić information content (AvgIpc) is 2.17. The van der Waals surface area contributed by atoms with Gasteiger partial charge in [0.1, 0.15) is 17.8 Å². The zero-order valence-electron chi connectivity index (χ0n) is 6.27. The SMILES string of the molecule is [CH][C@@H]1O[C@](C)(CO)[C@H](O)C1O. The van der Waals surface area contributed by atoms with Crippen LogP contribution in [-0.2, 0) is 4.74 Å². The minimum atomic E-state index is -1.13. The minimum Gasteiger partial charge on any atom is -0.393 e. The lowest BCUT2D eigenvalue weighted by Crippen LogP contribution is -2.43. The molecule has 1 saturated heterocycles. The highest BCUT2D eigenvalue weighted by Gasteiger charge is 2.48. The zero-order valence-corrected chi connectivity index (χ0v) is 6.27. The predicted molar refractivity (Wildman–Crippen MR) is 36.7 cm³/mol. The average molecular weight is 160 g/mol. The Balaban J connectivity index is 2.73. The molecule has 1 heterocycles. The summed E-state index contributed by atoms with van der Waals surface area (Å²) in [6.45, 7) is 6.41. The quantitative estimate of drug-likeness (QED) is 0.440. The molecule has 0 aliphatic carbocycles. The van der Waals surface area contributed by atoms with E-state index in [-0.39, 0.29) is 6.61 Å². The van der Waals surface area contributed by atoms with Crippen molar-refractivity contribution in [3.63, 3.8) is 0 Å². The summed E-state index contributed by atoms with van der Waals surface area (Å²) >= 11 is 0. The first-order chi connectivity index (χ1) is 5.01. The van der Waals surface area contributed by atoms with Crippen LogP contribution in [0.2, 0.25) is 0 Å². The van der Waals surface area contributed by atoms with E-state index in [9.17, 15) is 5.11 Å². The fourth-order valence-corrected chi connectivity index (χ4v) is 1.12. The van der Waals surface area contributed by atoms with E-state index < -0.39 is 23.9 Å². The Morgan fingerprint density at radius 3 is 2.27 bits per heavy atom. The first kappa shape index (κ1) is 8.93. The molecule has 1 fully saturated rings. The van der Waals surface area contributed by atoms with Crippen molar-refractivity contribution in [2.75, 3.05) is 6.61 Å². The zero-order chi connectivity index (χ0) is 8.65. The molecule has 1 rings (SSSR count). The molecule has 2 radical (unpaired) electrons. The summed E-state index contributed by atoms with van der Waals surface area (Å²) in [5.74, 6) is 0. The van der Waals surface area contributed by atoms with Crippen molar-refractivity contribution in [2.24, 2.45) is 0 Å². The Hall–Kier alpha value is -0.160. The van der Waals surface area contributed by atoms with Gasteiger partial charge >= 0.3 is 0 Å². The normalized spacial score (nSPS) is 51.5. The third-order valence-corrected chi connectivity index (χ3v) is 2.01. The maximum atomic E-state index is 9.27. The third-order valence-electron chi connectivity index (χ3n) is 2.01. The van der Waals surface area contributed by atoms with Gasteiger partial charge in [-0.25, -0.2) is 0 Å². The summed E-state index contributed by atoms with van der Waals surface area (Å²) in [5.41, 5.74) is -1.13. The molecule has 0 aromatic carbocycles. The molecule has 4 nitrogen and oxygen atoms in total. The highest BCUT2D eigenvalue weighted by atomic mass is 16.6. The van der Waals surface area contributed by atoms with Crippen LogP contribution in [0.4, 0.5) is 0 Å². The summed E-state index contributed by atoms with van der Waals surface area (Å²) in [6, 6.07) is 0. The van der Waals surface area contributed by atoms with Crippen LogP contribution in [-0.4, -0.2) is 45.8 Å². The molecular formula is C7H12O4. The van der Waals surface area contributed by atoms with Gasteiger partial charge < -0.3 is 20.1 Å². The minimum absolute atomic E-state index is 0.362. The van der Waals surface area contributed by atoms with Gasteiger partial charge in [0.15, 0.2) is 0 Å². The van der Waals surface area contributed by atoms with E-state index in [1.54, 1.807) is 0 Å². The standard InChI is InChI=1S/C7H12O4/c1-4-5(9)6(10)7(2,3-8)11-4/h1,4-6,8-10H,3H2,2H3/t4-,5?,6+,7+/m0/s1. The first-order valence-electron chi connectivity index (χ1n) is 3.41. The smallest absolute Gasteiger partial charge is 0.117 e. The van der Waals surface area contributed by atoms with Crippen LogP contribution in [0.25, 0.3) is 0 Å². The molecule has 0 amide bonds. The molecule has 4 atom stereocenters. The molecule has 0 spiro atoms. The van der Waals surface area contributed by atoms with Crippen molar-refractivity contribution in [1.82, 2.24) is 0 Å². The highest BCUT2D eigenvalue weighted by Crippen LogP contribution is 2.29. The fourth-order valence-electron chi connectivity index (χ4n) is 1.12. The van der Waals surface area contributed by atoms with Gasteiger partial charge in [-0.3, -0.25) is 0 Å². The lowest BCUT2D eigenvalue weighted by atomic mass is 9.98. The first-order valence-corrected chi connectivity index (χ1v) is 3.41. The number of hydrogen-bond donors (Lipinski definition) is 3. The maximum absolute atomic E-state index is 9.27. The number of aliphatic hydroxyl groups is 3. The van der Waals surface area contributed by atoms with E-state index in [1.807, 2.05) is 0 Å². The monoisotopic (exact) mass is 160 g/mol. The summed E-state index contributed by atoms with van der Waals surface area (Å²) in [4.78, 5) is 0. The lowest BCUT2D eigenvalue weighted by molar-refractivity contribution is -0.0912. The predicted octanol–water partition coefficient (Wildman–Crippen LogP) is -1.43. The van der Waals surface area contributed by atoms with Gasteiger partial charge in [0.05, 0.1) is 12.7 Å². The van der Waals surface area contributed by atoms with Crippen LogP contribution in [0.5, 0.6) is 0 Å². The molecule has 11 heavy (non-hydrogen) atoms. The lowest BCUT2D eigenvalue weighted by Gasteiger charge is -2.24. The molecule has 4 heteroatoms. The topological polar surface area (TPSA) is 69.9 Å². The Bertz CT molecular complexity index is 149. The summed E-state index contributed by atoms with van der Waals surface area (Å²) in [6.07, 6.45) is -3.16. The van der Waals surface area contributed by atoms with E-state index in [4.69, 9.17) is 21.9 Å². The van der Waals surface area contributed by atoms with Gasteiger partial charge in [0, 0.05) is 0 Å². The molecule has 0 aromatic heterocycles. The van der Waals surface area contributed by atoms with Gasteiger partial charge in [-0.15, -0.1) is 0 Å².